The fourth-order valence-electron chi connectivity index (χ4n) is 3.15. The SMILES string of the molecule is COCCOCOc1ccc2c(c1)[C@@H]1CN(C(=O)N1O)[C@H]2C(=O)NOC. The van der Waals surface area contributed by atoms with Crippen molar-refractivity contribution in [3.63, 3.8) is 0 Å². The molecule has 2 N–H and O–H groups in total. The molecule has 2 atom stereocenters. The maximum Gasteiger partial charge on any atom is 0.345 e. The molecule has 0 saturated carbocycles. The average molecular weight is 367 g/mol. The Morgan fingerprint density at radius 1 is 1.31 bits per heavy atom. The molecule has 3 amide bonds. The molecule has 0 aliphatic carbocycles. The summed E-state index contributed by atoms with van der Waals surface area (Å²) in [6.45, 7) is 1.09. The summed E-state index contributed by atoms with van der Waals surface area (Å²) in [5, 5.41) is 10.7. The van der Waals surface area contributed by atoms with Crippen LogP contribution in [0.15, 0.2) is 18.2 Å². The number of methoxy groups -OCH3 is 1. The van der Waals surface area contributed by atoms with Gasteiger partial charge >= 0.3 is 6.03 Å². The molecular formula is C16H21N3O7. The van der Waals surface area contributed by atoms with Crippen molar-refractivity contribution >= 4 is 11.9 Å². The Hall–Kier alpha value is -2.40. The van der Waals surface area contributed by atoms with E-state index in [4.69, 9.17) is 14.2 Å². The van der Waals surface area contributed by atoms with Crippen LogP contribution >= 0.6 is 0 Å². The quantitative estimate of drug-likeness (QED) is 0.299. The third-order valence-corrected chi connectivity index (χ3v) is 4.32. The molecule has 2 aliphatic heterocycles. The van der Waals surface area contributed by atoms with Crippen LogP contribution in [0.5, 0.6) is 5.75 Å². The summed E-state index contributed by atoms with van der Waals surface area (Å²) in [5.41, 5.74) is 3.49. The lowest BCUT2D eigenvalue weighted by Gasteiger charge is -2.31. The predicted octanol–water partition coefficient (Wildman–Crippen LogP) is 0.586. The summed E-state index contributed by atoms with van der Waals surface area (Å²) in [6.07, 6.45) is 0. The van der Waals surface area contributed by atoms with Gasteiger partial charge in [-0.2, -0.15) is 5.06 Å². The van der Waals surface area contributed by atoms with Crippen molar-refractivity contribution in [3.8, 4) is 5.75 Å². The van der Waals surface area contributed by atoms with Gasteiger partial charge in [-0.3, -0.25) is 14.8 Å². The zero-order valence-electron chi connectivity index (χ0n) is 14.5. The number of ether oxygens (including phenoxy) is 3. The molecule has 1 aromatic rings. The highest BCUT2D eigenvalue weighted by atomic mass is 16.7. The van der Waals surface area contributed by atoms with E-state index in [1.54, 1.807) is 25.3 Å². The van der Waals surface area contributed by atoms with Crippen LogP contribution in [-0.4, -0.2) is 67.9 Å². The summed E-state index contributed by atoms with van der Waals surface area (Å²) in [5.74, 6) is 0.0145. The molecule has 0 unspecified atom stereocenters. The zero-order chi connectivity index (χ0) is 18.7. The van der Waals surface area contributed by atoms with E-state index in [9.17, 15) is 14.8 Å². The standard InChI is InChI=1S/C16H21N3O7/c1-23-5-6-25-9-26-10-3-4-11-12(7-10)13-8-18(16(21)19(13)22)14(11)15(20)17-24-2/h3-4,7,13-14,22H,5-6,8-9H2,1-2H3,(H,17,20)/t13-,14+/m0/s1. The van der Waals surface area contributed by atoms with Crippen LogP contribution in [-0.2, 0) is 19.1 Å². The number of hydroxylamine groups is 3. The lowest BCUT2D eigenvalue weighted by Crippen LogP contribution is -2.43. The number of urea groups is 1. The van der Waals surface area contributed by atoms with Gasteiger partial charge in [0.1, 0.15) is 17.8 Å². The summed E-state index contributed by atoms with van der Waals surface area (Å²) in [7, 11) is 2.89. The van der Waals surface area contributed by atoms with Crippen molar-refractivity contribution in [1.29, 1.82) is 0 Å². The Labute approximate surface area is 150 Å². The van der Waals surface area contributed by atoms with Gasteiger partial charge in [-0.1, -0.05) is 6.07 Å². The average Bonchev–Trinajstić information content (AvgIpc) is 2.88. The van der Waals surface area contributed by atoms with E-state index in [0.717, 1.165) is 0 Å². The molecule has 1 fully saturated rings. The minimum atomic E-state index is -0.891. The van der Waals surface area contributed by atoms with E-state index in [0.29, 0.717) is 35.2 Å². The van der Waals surface area contributed by atoms with Crippen LogP contribution in [0.3, 0.4) is 0 Å². The molecule has 1 saturated heterocycles. The summed E-state index contributed by atoms with van der Waals surface area (Å²) < 4.78 is 15.7. The number of nitrogens with zero attached hydrogens (tertiary/aromatic N) is 2. The van der Waals surface area contributed by atoms with Crippen molar-refractivity contribution < 1.29 is 33.8 Å². The van der Waals surface area contributed by atoms with Gasteiger partial charge in [-0.05, 0) is 23.3 Å². The van der Waals surface area contributed by atoms with Gasteiger partial charge in [0.05, 0.1) is 26.9 Å². The van der Waals surface area contributed by atoms with Gasteiger partial charge in [0.15, 0.2) is 6.79 Å². The van der Waals surface area contributed by atoms with Crippen molar-refractivity contribution in [2.45, 2.75) is 12.1 Å². The molecular weight excluding hydrogens is 346 g/mol. The third-order valence-electron chi connectivity index (χ3n) is 4.32. The number of nitrogens with one attached hydrogen (secondary N) is 1. The smallest absolute Gasteiger partial charge is 0.345 e. The van der Waals surface area contributed by atoms with E-state index in [2.05, 4.69) is 10.3 Å². The van der Waals surface area contributed by atoms with Gasteiger partial charge in [-0.25, -0.2) is 10.3 Å². The molecule has 2 aliphatic rings. The minimum absolute atomic E-state index is 0.0360. The van der Waals surface area contributed by atoms with Crippen LogP contribution in [0, 0.1) is 0 Å². The lowest BCUT2D eigenvalue weighted by molar-refractivity contribution is -0.136. The maximum absolute atomic E-state index is 12.4. The molecule has 26 heavy (non-hydrogen) atoms. The normalized spacial score (nSPS) is 21.0. The van der Waals surface area contributed by atoms with E-state index in [1.165, 1.54) is 12.0 Å². The number of fused-ring (bicyclic) bond motifs is 4. The number of carbonyl (C=O) groups excluding carboxylic acids is 2. The van der Waals surface area contributed by atoms with Gasteiger partial charge in [-0.15, -0.1) is 0 Å². The van der Waals surface area contributed by atoms with E-state index >= 15 is 0 Å². The van der Waals surface area contributed by atoms with E-state index < -0.39 is 24.0 Å². The fraction of sp³-hybridized carbons (Fsp3) is 0.500. The number of amides is 3. The topological polar surface area (TPSA) is 110 Å². The number of hydrogen-bond donors (Lipinski definition) is 2. The monoisotopic (exact) mass is 367 g/mol. The molecule has 10 heteroatoms. The highest BCUT2D eigenvalue weighted by molar-refractivity contribution is 5.90. The Kier molecular flexibility index (Phi) is 5.57. The predicted molar refractivity (Wildman–Crippen MR) is 86.1 cm³/mol. The first-order valence-corrected chi connectivity index (χ1v) is 8.03. The molecule has 2 bridgehead atoms. The maximum atomic E-state index is 12.4. The van der Waals surface area contributed by atoms with Gasteiger partial charge in [0, 0.05) is 7.11 Å². The molecule has 0 spiro atoms. The van der Waals surface area contributed by atoms with Crippen molar-refractivity contribution in [2.24, 2.45) is 0 Å². The zero-order valence-corrected chi connectivity index (χ0v) is 14.5. The summed E-state index contributed by atoms with van der Waals surface area (Å²) >= 11 is 0. The summed E-state index contributed by atoms with van der Waals surface area (Å²) in [4.78, 5) is 30.6. The molecule has 3 rings (SSSR count). The molecule has 0 aromatic heterocycles. The molecule has 142 valence electrons. The van der Waals surface area contributed by atoms with Gasteiger partial charge < -0.3 is 19.1 Å². The van der Waals surface area contributed by atoms with E-state index in [-0.39, 0.29) is 13.3 Å². The second kappa shape index (κ2) is 7.87. The highest BCUT2D eigenvalue weighted by Crippen LogP contribution is 2.44. The molecule has 10 nitrogen and oxygen atoms in total. The highest BCUT2D eigenvalue weighted by Gasteiger charge is 2.50. The lowest BCUT2D eigenvalue weighted by atomic mass is 9.90. The Bertz CT molecular complexity index is 684. The number of rotatable bonds is 8. The molecule has 0 radical (unpaired) electrons. The Balaban J connectivity index is 1.82. The first-order valence-electron chi connectivity index (χ1n) is 8.03. The van der Waals surface area contributed by atoms with Crippen molar-refractivity contribution in [2.75, 3.05) is 40.8 Å². The minimum Gasteiger partial charge on any atom is -0.468 e. The Morgan fingerprint density at radius 3 is 2.85 bits per heavy atom. The van der Waals surface area contributed by atoms with Gasteiger partial charge in [0.25, 0.3) is 5.91 Å². The van der Waals surface area contributed by atoms with Crippen LogP contribution in [0.1, 0.15) is 23.2 Å². The van der Waals surface area contributed by atoms with Crippen molar-refractivity contribution in [3.05, 3.63) is 29.3 Å². The molecule has 2 heterocycles. The molecule has 1 aromatic carbocycles. The number of carbonyl (C=O) groups is 2. The Morgan fingerprint density at radius 2 is 2.12 bits per heavy atom. The number of benzene rings is 1. The second-order valence-corrected chi connectivity index (χ2v) is 5.82. The van der Waals surface area contributed by atoms with Crippen LogP contribution in [0.4, 0.5) is 4.79 Å². The second-order valence-electron chi connectivity index (χ2n) is 5.82. The van der Waals surface area contributed by atoms with Crippen LogP contribution in [0.25, 0.3) is 0 Å². The first kappa shape index (κ1) is 18.4. The largest absolute Gasteiger partial charge is 0.468 e. The summed E-state index contributed by atoms with van der Waals surface area (Å²) in [6, 6.07) is 2.99. The van der Waals surface area contributed by atoms with Crippen molar-refractivity contribution in [1.82, 2.24) is 15.4 Å². The number of hydrogen-bond acceptors (Lipinski definition) is 7. The first-order chi connectivity index (χ1) is 12.6. The third kappa shape index (κ3) is 3.31. The van der Waals surface area contributed by atoms with Crippen LogP contribution in [0.2, 0.25) is 0 Å². The van der Waals surface area contributed by atoms with Crippen LogP contribution < -0.4 is 10.2 Å². The van der Waals surface area contributed by atoms with Gasteiger partial charge in [0.2, 0.25) is 0 Å². The fourth-order valence-corrected chi connectivity index (χ4v) is 3.15. The van der Waals surface area contributed by atoms with E-state index in [1.807, 2.05) is 0 Å².